The van der Waals surface area contributed by atoms with Crippen LogP contribution in [0.4, 0.5) is 5.69 Å². The first-order chi connectivity index (χ1) is 13.2. The second-order valence-corrected chi connectivity index (χ2v) is 8.31. The van der Waals surface area contributed by atoms with Gasteiger partial charge < -0.3 is 15.0 Å². The van der Waals surface area contributed by atoms with E-state index in [-0.39, 0.29) is 17.2 Å². The Kier molecular flexibility index (Phi) is 5.45. The number of benzene rings is 2. The maximum atomic E-state index is 12.9. The number of nitrogens with one attached hydrogen (secondary N) is 1. The zero-order valence-electron chi connectivity index (χ0n) is 17.2. The molecule has 1 N–H and O–H groups in total. The van der Waals surface area contributed by atoms with E-state index in [0.717, 1.165) is 22.6 Å². The Bertz CT molecular complexity index is 882. The van der Waals surface area contributed by atoms with Crippen LogP contribution < -0.4 is 15.0 Å². The highest BCUT2D eigenvalue weighted by Gasteiger charge is 2.37. The predicted molar refractivity (Wildman–Crippen MR) is 111 cm³/mol. The molecule has 0 radical (unpaired) electrons. The lowest BCUT2D eigenvalue weighted by Crippen LogP contribution is -2.38. The molecule has 2 aromatic rings. The Labute approximate surface area is 166 Å². The van der Waals surface area contributed by atoms with E-state index in [2.05, 4.69) is 38.2 Å². The summed E-state index contributed by atoms with van der Waals surface area (Å²) in [5.74, 6) is 0.438. The molecule has 0 fully saturated rings. The van der Waals surface area contributed by atoms with Gasteiger partial charge in [-0.1, -0.05) is 50.6 Å². The first kappa shape index (κ1) is 19.9. The zero-order valence-corrected chi connectivity index (χ0v) is 17.2. The van der Waals surface area contributed by atoms with Crippen molar-refractivity contribution in [3.8, 4) is 5.75 Å². The lowest BCUT2D eigenvalue weighted by Gasteiger charge is -2.20. The van der Waals surface area contributed by atoms with Crippen molar-refractivity contribution >= 4 is 17.5 Å². The average molecular weight is 380 g/mol. The summed E-state index contributed by atoms with van der Waals surface area (Å²) in [4.78, 5) is 26.1. The van der Waals surface area contributed by atoms with Gasteiger partial charge in [0.2, 0.25) is 5.91 Å². The lowest BCUT2D eigenvalue weighted by molar-refractivity contribution is -0.126. The monoisotopic (exact) mass is 380 g/mol. The highest BCUT2D eigenvalue weighted by Crippen LogP contribution is 2.36. The van der Waals surface area contributed by atoms with Gasteiger partial charge in [0, 0.05) is 18.2 Å². The van der Waals surface area contributed by atoms with E-state index in [1.807, 2.05) is 37.3 Å². The molecule has 0 spiro atoms. The van der Waals surface area contributed by atoms with Crippen LogP contribution in [0.15, 0.2) is 42.5 Å². The zero-order chi connectivity index (χ0) is 20.5. The van der Waals surface area contributed by atoms with Crippen molar-refractivity contribution in [2.24, 2.45) is 0 Å². The Morgan fingerprint density at radius 3 is 2.43 bits per heavy atom. The maximum absolute atomic E-state index is 12.9. The standard InChI is InChI=1S/C23H28N2O3/c1-15-6-11-20-19(14-15)21(24-16(2)26)22(27)25(20)12-13-28-18-9-7-17(8-10-18)23(3,4)5/h6-11,14,21H,12-13H2,1-5H3,(H,24,26)/t21-/m1/s1. The molecule has 0 aliphatic carbocycles. The molecule has 5 nitrogen and oxygen atoms in total. The van der Waals surface area contributed by atoms with Crippen molar-refractivity contribution in [1.29, 1.82) is 0 Å². The van der Waals surface area contributed by atoms with Crippen LogP contribution in [0.1, 0.15) is 50.4 Å². The number of carbonyl (C=O) groups excluding carboxylic acids is 2. The largest absolute Gasteiger partial charge is 0.492 e. The molecule has 5 heteroatoms. The van der Waals surface area contributed by atoms with Gasteiger partial charge >= 0.3 is 0 Å². The molecule has 1 atom stereocenters. The van der Waals surface area contributed by atoms with E-state index in [9.17, 15) is 9.59 Å². The summed E-state index contributed by atoms with van der Waals surface area (Å²) in [6.07, 6.45) is 0. The van der Waals surface area contributed by atoms with Crippen molar-refractivity contribution in [2.45, 2.75) is 46.1 Å². The highest BCUT2D eigenvalue weighted by atomic mass is 16.5. The van der Waals surface area contributed by atoms with Gasteiger partial charge in [-0.05, 0) is 36.1 Å². The van der Waals surface area contributed by atoms with E-state index >= 15 is 0 Å². The first-order valence-electron chi connectivity index (χ1n) is 9.59. The van der Waals surface area contributed by atoms with E-state index < -0.39 is 6.04 Å². The summed E-state index contributed by atoms with van der Waals surface area (Å²) < 4.78 is 5.86. The number of carbonyl (C=O) groups is 2. The fourth-order valence-electron chi connectivity index (χ4n) is 3.44. The number of rotatable bonds is 5. The molecule has 3 rings (SSSR count). The minimum atomic E-state index is -0.626. The van der Waals surface area contributed by atoms with Gasteiger partial charge in [0.05, 0.1) is 6.54 Å². The van der Waals surface area contributed by atoms with Crippen molar-refractivity contribution in [2.75, 3.05) is 18.1 Å². The van der Waals surface area contributed by atoms with Gasteiger partial charge in [-0.25, -0.2) is 0 Å². The van der Waals surface area contributed by atoms with Crippen LogP contribution in [-0.4, -0.2) is 25.0 Å². The van der Waals surface area contributed by atoms with Crippen LogP contribution >= 0.6 is 0 Å². The quantitative estimate of drug-likeness (QED) is 0.856. The van der Waals surface area contributed by atoms with E-state index in [1.54, 1.807) is 4.90 Å². The van der Waals surface area contributed by atoms with Crippen LogP contribution in [-0.2, 0) is 15.0 Å². The number of fused-ring (bicyclic) bond motifs is 1. The van der Waals surface area contributed by atoms with Gasteiger partial charge in [-0.3, -0.25) is 9.59 Å². The van der Waals surface area contributed by atoms with Gasteiger partial charge in [-0.2, -0.15) is 0 Å². The molecule has 0 unspecified atom stereocenters. The molecular formula is C23H28N2O3. The fraction of sp³-hybridized carbons (Fsp3) is 0.391. The number of nitrogens with zero attached hydrogens (tertiary/aromatic N) is 1. The van der Waals surface area contributed by atoms with E-state index in [0.29, 0.717) is 13.2 Å². The Hall–Kier alpha value is -2.82. The summed E-state index contributed by atoms with van der Waals surface area (Å²) >= 11 is 0. The molecule has 1 aliphatic rings. The van der Waals surface area contributed by atoms with Crippen LogP contribution in [0.25, 0.3) is 0 Å². The van der Waals surface area contributed by atoms with Crippen LogP contribution in [0.5, 0.6) is 5.75 Å². The van der Waals surface area contributed by atoms with Gasteiger partial charge in [0.25, 0.3) is 5.91 Å². The number of amides is 2. The van der Waals surface area contributed by atoms with Crippen molar-refractivity contribution in [3.05, 3.63) is 59.2 Å². The number of hydrogen-bond acceptors (Lipinski definition) is 3. The number of ether oxygens (including phenoxy) is 1. The Balaban J connectivity index is 1.69. The van der Waals surface area contributed by atoms with Crippen molar-refractivity contribution in [1.82, 2.24) is 5.32 Å². The lowest BCUT2D eigenvalue weighted by atomic mass is 9.87. The summed E-state index contributed by atoms with van der Waals surface area (Å²) in [5, 5.41) is 2.76. The second kappa shape index (κ2) is 7.66. The molecule has 2 amide bonds. The molecule has 0 bridgehead atoms. The molecule has 1 heterocycles. The van der Waals surface area contributed by atoms with Crippen LogP contribution in [0.2, 0.25) is 0 Å². The molecule has 2 aromatic carbocycles. The van der Waals surface area contributed by atoms with Gasteiger partial charge in [0.1, 0.15) is 18.4 Å². The van der Waals surface area contributed by atoms with E-state index in [4.69, 9.17) is 4.74 Å². The van der Waals surface area contributed by atoms with Gasteiger partial charge in [0.15, 0.2) is 0 Å². The Morgan fingerprint density at radius 1 is 1.14 bits per heavy atom. The summed E-state index contributed by atoms with van der Waals surface area (Å²) in [7, 11) is 0. The minimum absolute atomic E-state index is 0.0983. The minimum Gasteiger partial charge on any atom is -0.492 e. The number of hydrogen-bond donors (Lipinski definition) is 1. The molecule has 0 saturated carbocycles. The number of aryl methyl sites for hydroxylation is 1. The third-order valence-corrected chi connectivity index (χ3v) is 4.95. The highest BCUT2D eigenvalue weighted by molar-refractivity contribution is 6.06. The molecular weight excluding hydrogens is 352 g/mol. The second-order valence-electron chi connectivity index (χ2n) is 8.31. The van der Waals surface area contributed by atoms with Crippen LogP contribution in [0, 0.1) is 6.92 Å². The number of anilines is 1. The molecule has 28 heavy (non-hydrogen) atoms. The third kappa shape index (κ3) is 4.19. The predicted octanol–water partition coefficient (Wildman–Crippen LogP) is 3.90. The summed E-state index contributed by atoms with van der Waals surface area (Å²) in [5.41, 5.74) is 4.08. The van der Waals surface area contributed by atoms with Crippen molar-refractivity contribution in [3.63, 3.8) is 0 Å². The third-order valence-electron chi connectivity index (χ3n) is 4.95. The average Bonchev–Trinajstić information content (AvgIpc) is 2.86. The summed E-state index contributed by atoms with van der Waals surface area (Å²) in [6, 6.07) is 13.3. The van der Waals surface area contributed by atoms with Crippen LogP contribution in [0.3, 0.4) is 0 Å². The maximum Gasteiger partial charge on any atom is 0.254 e. The molecule has 148 valence electrons. The normalized spacial score (nSPS) is 16.1. The molecule has 1 aliphatic heterocycles. The van der Waals surface area contributed by atoms with E-state index in [1.165, 1.54) is 12.5 Å². The first-order valence-corrected chi connectivity index (χ1v) is 9.59. The smallest absolute Gasteiger partial charge is 0.254 e. The van der Waals surface area contributed by atoms with Gasteiger partial charge in [-0.15, -0.1) is 0 Å². The summed E-state index contributed by atoms with van der Waals surface area (Å²) in [6.45, 7) is 10.7. The Morgan fingerprint density at radius 2 is 1.82 bits per heavy atom. The topological polar surface area (TPSA) is 58.6 Å². The fourth-order valence-corrected chi connectivity index (χ4v) is 3.44. The SMILES string of the molecule is CC(=O)N[C@H]1C(=O)N(CCOc2ccc(C(C)(C)C)cc2)c2ccc(C)cc21. The molecule has 0 saturated heterocycles. The molecule has 0 aromatic heterocycles. The van der Waals surface area contributed by atoms with Crippen molar-refractivity contribution < 1.29 is 14.3 Å².